The van der Waals surface area contributed by atoms with E-state index in [2.05, 4.69) is 12.2 Å². The standard InChI is InChI=1S/C17H22N2O2/c1-2-9-18-14-7-5-10-19(12-14)17(20)16-11-13-6-3-4-8-15(13)21-16/h3-4,6,8,11,14,18H,2,5,7,9-10,12H2,1H3. The van der Waals surface area contributed by atoms with Gasteiger partial charge in [0.05, 0.1) is 0 Å². The van der Waals surface area contributed by atoms with Gasteiger partial charge in [-0.15, -0.1) is 0 Å². The lowest BCUT2D eigenvalue weighted by Crippen LogP contribution is -2.48. The van der Waals surface area contributed by atoms with Crippen LogP contribution in [0.25, 0.3) is 11.0 Å². The third kappa shape index (κ3) is 3.10. The number of piperidine rings is 1. The molecule has 1 fully saturated rings. The first-order valence-electron chi connectivity index (χ1n) is 7.79. The minimum Gasteiger partial charge on any atom is -0.451 e. The molecule has 2 heterocycles. The lowest BCUT2D eigenvalue weighted by molar-refractivity contribution is 0.0665. The van der Waals surface area contributed by atoms with Gasteiger partial charge in [0.25, 0.3) is 5.91 Å². The molecule has 1 unspecified atom stereocenters. The Kier molecular flexibility index (Phi) is 4.25. The first kappa shape index (κ1) is 14.1. The number of hydrogen-bond donors (Lipinski definition) is 1. The number of carbonyl (C=O) groups is 1. The van der Waals surface area contributed by atoms with E-state index in [1.807, 2.05) is 35.2 Å². The summed E-state index contributed by atoms with van der Waals surface area (Å²) in [4.78, 5) is 14.5. The van der Waals surface area contributed by atoms with Crippen molar-refractivity contribution in [2.75, 3.05) is 19.6 Å². The molecule has 4 heteroatoms. The highest BCUT2D eigenvalue weighted by Gasteiger charge is 2.26. The Labute approximate surface area is 125 Å². The van der Waals surface area contributed by atoms with Crippen LogP contribution in [0.5, 0.6) is 0 Å². The van der Waals surface area contributed by atoms with Crippen LogP contribution in [0.2, 0.25) is 0 Å². The molecule has 1 amide bonds. The van der Waals surface area contributed by atoms with Crippen LogP contribution < -0.4 is 5.32 Å². The fraction of sp³-hybridized carbons (Fsp3) is 0.471. The number of amides is 1. The fourth-order valence-corrected chi connectivity index (χ4v) is 2.92. The Hall–Kier alpha value is -1.81. The molecule has 1 aromatic carbocycles. The molecular weight excluding hydrogens is 264 g/mol. The molecule has 1 aromatic heterocycles. The summed E-state index contributed by atoms with van der Waals surface area (Å²) in [6.07, 6.45) is 3.31. The topological polar surface area (TPSA) is 45.5 Å². The van der Waals surface area contributed by atoms with Crippen molar-refractivity contribution in [3.8, 4) is 0 Å². The van der Waals surface area contributed by atoms with Gasteiger partial charge in [-0.2, -0.15) is 0 Å². The van der Waals surface area contributed by atoms with Gasteiger partial charge in [0.2, 0.25) is 0 Å². The minimum atomic E-state index is 0.00852. The highest BCUT2D eigenvalue weighted by molar-refractivity contribution is 5.96. The summed E-state index contributed by atoms with van der Waals surface area (Å²) in [5.74, 6) is 0.460. The number of fused-ring (bicyclic) bond motifs is 1. The molecule has 1 saturated heterocycles. The number of hydrogen-bond acceptors (Lipinski definition) is 3. The maximum atomic E-state index is 12.6. The zero-order chi connectivity index (χ0) is 14.7. The molecule has 2 aromatic rings. The van der Waals surface area contributed by atoms with Crippen molar-refractivity contribution in [1.82, 2.24) is 10.2 Å². The molecule has 1 N–H and O–H groups in total. The monoisotopic (exact) mass is 286 g/mol. The normalized spacial score (nSPS) is 19.1. The fourth-order valence-electron chi connectivity index (χ4n) is 2.92. The molecule has 0 saturated carbocycles. The zero-order valence-corrected chi connectivity index (χ0v) is 12.5. The smallest absolute Gasteiger partial charge is 0.289 e. The van der Waals surface area contributed by atoms with E-state index in [0.29, 0.717) is 11.8 Å². The van der Waals surface area contributed by atoms with Crippen molar-refractivity contribution < 1.29 is 9.21 Å². The van der Waals surface area contributed by atoms with Crippen LogP contribution in [0.15, 0.2) is 34.7 Å². The van der Waals surface area contributed by atoms with Crippen LogP contribution >= 0.6 is 0 Å². The SMILES string of the molecule is CCCNC1CCCN(C(=O)c2cc3ccccc3o2)C1. The second-order valence-electron chi connectivity index (χ2n) is 5.69. The van der Waals surface area contributed by atoms with E-state index >= 15 is 0 Å². The van der Waals surface area contributed by atoms with E-state index in [9.17, 15) is 4.79 Å². The first-order valence-corrected chi connectivity index (χ1v) is 7.79. The van der Waals surface area contributed by atoms with Crippen LogP contribution in [0.4, 0.5) is 0 Å². The molecule has 1 aliphatic heterocycles. The number of furan rings is 1. The second-order valence-corrected chi connectivity index (χ2v) is 5.69. The van der Waals surface area contributed by atoms with Crippen LogP contribution in [-0.2, 0) is 0 Å². The molecule has 0 aliphatic carbocycles. The predicted molar refractivity (Wildman–Crippen MR) is 83.4 cm³/mol. The number of rotatable bonds is 4. The number of carbonyl (C=O) groups excluding carboxylic acids is 1. The summed E-state index contributed by atoms with van der Waals surface area (Å²) in [7, 11) is 0. The average molecular weight is 286 g/mol. The van der Waals surface area contributed by atoms with E-state index in [4.69, 9.17) is 4.42 Å². The van der Waals surface area contributed by atoms with Crippen LogP contribution in [0.3, 0.4) is 0 Å². The lowest BCUT2D eigenvalue weighted by atomic mass is 10.1. The van der Waals surface area contributed by atoms with Crippen molar-refractivity contribution in [2.45, 2.75) is 32.2 Å². The summed E-state index contributed by atoms with van der Waals surface area (Å²) >= 11 is 0. The third-order valence-electron chi connectivity index (χ3n) is 4.03. The minimum absolute atomic E-state index is 0.00852. The van der Waals surface area contributed by atoms with Crippen molar-refractivity contribution in [1.29, 1.82) is 0 Å². The molecule has 3 rings (SSSR count). The molecule has 4 nitrogen and oxygen atoms in total. The summed E-state index contributed by atoms with van der Waals surface area (Å²) in [6, 6.07) is 10.0. The second kappa shape index (κ2) is 6.31. The molecule has 1 aliphatic rings. The highest BCUT2D eigenvalue weighted by Crippen LogP contribution is 2.21. The van der Waals surface area contributed by atoms with Crippen molar-refractivity contribution in [3.05, 3.63) is 36.1 Å². The molecule has 21 heavy (non-hydrogen) atoms. The molecule has 0 radical (unpaired) electrons. The van der Waals surface area contributed by atoms with Gasteiger partial charge in [0.1, 0.15) is 5.58 Å². The number of para-hydroxylation sites is 1. The van der Waals surface area contributed by atoms with E-state index in [0.717, 1.165) is 49.9 Å². The number of benzene rings is 1. The van der Waals surface area contributed by atoms with Gasteiger partial charge in [-0.05, 0) is 37.9 Å². The number of nitrogens with zero attached hydrogens (tertiary/aromatic N) is 1. The van der Waals surface area contributed by atoms with Gasteiger partial charge in [0.15, 0.2) is 5.76 Å². The lowest BCUT2D eigenvalue weighted by Gasteiger charge is -2.32. The van der Waals surface area contributed by atoms with E-state index in [1.54, 1.807) is 0 Å². The van der Waals surface area contributed by atoms with Crippen LogP contribution in [0, 0.1) is 0 Å². The van der Waals surface area contributed by atoms with Gasteiger partial charge in [-0.25, -0.2) is 0 Å². The van der Waals surface area contributed by atoms with Crippen molar-refractivity contribution >= 4 is 16.9 Å². The summed E-state index contributed by atoms with van der Waals surface area (Å²) in [6.45, 7) is 4.76. The van der Waals surface area contributed by atoms with Crippen molar-refractivity contribution in [3.63, 3.8) is 0 Å². The third-order valence-corrected chi connectivity index (χ3v) is 4.03. The summed E-state index contributed by atoms with van der Waals surface area (Å²) < 4.78 is 5.69. The van der Waals surface area contributed by atoms with Crippen molar-refractivity contribution in [2.24, 2.45) is 0 Å². The summed E-state index contributed by atoms with van der Waals surface area (Å²) in [5.41, 5.74) is 0.776. The van der Waals surface area contributed by atoms with Gasteiger partial charge >= 0.3 is 0 Å². The summed E-state index contributed by atoms with van der Waals surface area (Å²) in [5, 5.41) is 4.49. The molecule has 0 bridgehead atoms. The maximum Gasteiger partial charge on any atom is 0.289 e. The van der Waals surface area contributed by atoms with Crippen LogP contribution in [0.1, 0.15) is 36.7 Å². The molecule has 1 atom stereocenters. The quantitative estimate of drug-likeness (QED) is 0.939. The van der Waals surface area contributed by atoms with E-state index in [-0.39, 0.29) is 5.91 Å². The molecule has 112 valence electrons. The Morgan fingerprint density at radius 3 is 3.10 bits per heavy atom. The highest BCUT2D eigenvalue weighted by atomic mass is 16.3. The molecule has 0 spiro atoms. The zero-order valence-electron chi connectivity index (χ0n) is 12.5. The van der Waals surface area contributed by atoms with Gasteiger partial charge < -0.3 is 14.6 Å². The predicted octanol–water partition coefficient (Wildman–Crippen LogP) is 3.04. The van der Waals surface area contributed by atoms with E-state index < -0.39 is 0 Å². The number of nitrogens with one attached hydrogen (secondary N) is 1. The largest absolute Gasteiger partial charge is 0.451 e. The van der Waals surface area contributed by atoms with Crippen LogP contribution in [-0.4, -0.2) is 36.5 Å². The Morgan fingerprint density at radius 1 is 1.43 bits per heavy atom. The number of likely N-dealkylation sites (tertiary alicyclic amines) is 1. The van der Waals surface area contributed by atoms with Gasteiger partial charge in [0, 0.05) is 24.5 Å². The maximum absolute atomic E-state index is 12.6. The average Bonchev–Trinajstić information content (AvgIpc) is 2.96. The Bertz CT molecular complexity index is 587. The Morgan fingerprint density at radius 2 is 2.29 bits per heavy atom. The van der Waals surface area contributed by atoms with E-state index in [1.165, 1.54) is 0 Å². The van der Waals surface area contributed by atoms with Gasteiger partial charge in [-0.3, -0.25) is 4.79 Å². The molecular formula is C17H22N2O2. The first-order chi connectivity index (χ1) is 10.3. The van der Waals surface area contributed by atoms with Gasteiger partial charge in [-0.1, -0.05) is 25.1 Å². The Balaban J connectivity index is 1.71.